The van der Waals surface area contributed by atoms with Gasteiger partial charge >= 0.3 is 0 Å². The first-order valence-corrected chi connectivity index (χ1v) is 5.21. The Hall–Kier alpha value is -1.53. The Labute approximate surface area is 91.3 Å². The van der Waals surface area contributed by atoms with Crippen LogP contribution in [-0.4, -0.2) is 0 Å². The summed E-state index contributed by atoms with van der Waals surface area (Å²) < 4.78 is 5.69. The Bertz CT molecular complexity index is 456. The van der Waals surface area contributed by atoms with Crippen LogP contribution in [0.4, 0.5) is 5.69 Å². The van der Waals surface area contributed by atoms with E-state index in [9.17, 15) is 0 Å². The second-order valence-electron chi connectivity index (χ2n) is 3.21. The summed E-state index contributed by atoms with van der Waals surface area (Å²) in [6.45, 7) is 0. The molecule has 0 aliphatic carbocycles. The lowest BCUT2D eigenvalue weighted by molar-refractivity contribution is 0.487. The van der Waals surface area contributed by atoms with Gasteiger partial charge in [0.15, 0.2) is 0 Å². The van der Waals surface area contributed by atoms with Gasteiger partial charge in [-0.2, -0.15) is 0 Å². The summed E-state index contributed by atoms with van der Waals surface area (Å²) in [7, 11) is 2.62. The molecule has 0 bridgehead atoms. The standard InChI is InChI=1S/C12H12NOP/c13-9-6-7-12(15)11(8-9)14-10-4-2-1-3-5-10/h1-8H,13,15H2. The first-order chi connectivity index (χ1) is 7.25. The molecule has 2 aromatic carbocycles. The molecule has 0 fully saturated rings. The van der Waals surface area contributed by atoms with Crippen molar-refractivity contribution in [3.63, 3.8) is 0 Å². The third-order valence-electron chi connectivity index (χ3n) is 2.01. The lowest BCUT2D eigenvalue weighted by Crippen LogP contribution is -1.99. The number of rotatable bonds is 2. The highest BCUT2D eigenvalue weighted by Crippen LogP contribution is 2.22. The fraction of sp³-hybridized carbons (Fsp3) is 0. The molecule has 0 aliphatic heterocycles. The molecule has 0 saturated heterocycles. The number of hydrogen-bond donors (Lipinski definition) is 1. The first-order valence-electron chi connectivity index (χ1n) is 4.63. The predicted octanol–water partition coefficient (Wildman–Crippen LogP) is 2.56. The molecule has 0 spiro atoms. The van der Waals surface area contributed by atoms with E-state index in [-0.39, 0.29) is 0 Å². The van der Waals surface area contributed by atoms with Crippen molar-refractivity contribution in [1.82, 2.24) is 0 Å². The molecular weight excluding hydrogens is 205 g/mol. The topological polar surface area (TPSA) is 35.2 Å². The molecule has 0 aromatic heterocycles. The summed E-state index contributed by atoms with van der Waals surface area (Å²) in [6.07, 6.45) is 0. The van der Waals surface area contributed by atoms with E-state index in [1.807, 2.05) is 48.5 Å². The minimum absolute atomic E-state index is 0.701. The summed E-state index contributed by atoms with van der Waals surface area (Å²) >= 11 is 0. The van der Waals surface area contributed by atoms with Crippen molar-refractivity contribution >= 4 is 20.2 Å². The fourth-order valence-electron chi connectivity index (χ4n) is 1.25. The zero-order chi connectivity index (χ0) is 10.7. The summed E-state index contributed by atoms with van der Waals surface area (Å²) in [5.41, 5.74) is 6.39. The molecular formula is C12H12NOP. The highest BCUT2D eigenvalue weighted by atomic mass is 31.0. The SMILES string of the molecule is Nc1ccc(P)c(Oc2ccccc2)c1. The Morgan fingerprint density at radius 2 is 1.73 bits per heavy atom. The molecule has 2 N–H and O–H groups in total. The molecule has 2 rings (SSSR count). The minimum atomic E-state index is 0.701. The van der Waals surface area contributed by atoms with Crippen molar-refractivity contribution in [2.24, 2.45) is 0 Å². The van der Waals surface area contributed by atoms with E-state index in [2.05, 4.69) is 9.24 Å². The van der Waals surface area contributed by atoms with Gasteiger partial charge in [-0.3, -0.25) is 0 Å². The second kappa shape index (κ2) is 4.33. The van der Waals surface area contributed by atoms with E-state index in [4.69, 9.17) is 10.5 Å². The van der Waals surface area contributed by atoms with Gasteiger partial charge in [-0.15, -0.1) is 9.24 Å². The van der Waals surface area contributed by atoms with Crippen LogP contribution in [0.2, 0.25) is 0 Å². The van der Waals surface area contributed by atoms with Crippen molar-refractivity contribution < 1.29 is 4.74 Å². The quantitative estimate of drug-likeness (QED) is 0.619. The molecule has 3 heteroatoms. The van der Waals surface area contributed by atoms with E-state index >= 15 is 0 Å². The molecule has 0 heterocycles. The number of nitrogen functional groups attached to an aromatic ring is 1. The Balaban J connectivity index is 2.28. The Kier molecular flexibility index (Phi) is 2.89. The summed E-state index contributed by atoms with van der Waals surface area (Å²) in [5, 5.41) is 0.994. The number of hydrogen-bond acceptors (Lipinski definition) is 2. The molecule has 76 valence electrons. The lowest BCUT2D eigenvalue weighted by atomic mass is 10.3. The highest BCUT2D eigenvalue weighted by Gasteiger charge is 2.01. The van der Waals surface area contributed by atoms with Crippen LogP contribution < -0.4 is 15.8 Å². The number of benzene rings is 2. The van der Waals surface area contributed by atoms with E-state index in [0.717, 1.165) is 16.8 Å². The van der Waals surface area contributed by atoms with Crippen molar-refractivity contribution in [2.75, 3.05) is 5.73 Å². The summed E-state index contributed by atoms with van der Waals surface area (Å²) in [5.74, 6) is 1.58. The van der Waals surface area contributed by atoms with E-state index in [0.29, 0.717) is 5.69 Å². The van der Waals surface area contributed by atoms with Gasteiger partial charge in [0.25, 0.3) is 0 Å². The number of ether oxygens (including phenoxy) is 1. The van der Waals surface area contributed by atoms with Crippen molar-refractivity contribution in [3.05, 3.63) is 48.5 Å². The maximum Gasteiger partial charge on any atom is 0.136 e. The number of para-hydroxylation sites is 1. The average molecular weight is 217 g/mol. The van der Waals surface area contributed by atoms with Crippen LogP contribution >= 0.6 is 9.24 Å². The molecule has 2 aromatic rings. The molecule has 0 radical (unpaired) electrons. The minimum Gasteiger partial charge on any atom is -0.457 e. The second-order valence-corrected chi connectivity index (χ2v) is 3.83. The molecule has 15 heavy (non-hydrogen) atoms. The van der Waals surface area contributed by atoms with E-state index in [1.54, 1.807) is 0 Å². The fourth-order valence-corrected chi connectivity index (χ4v) is 1.49. The van der Waals surface area contributed by atoms with Crippen LogP contribution in [0.3, 0.4) is 0 Å². The smallest absolute Gasteiger partial charge is 0.136 e. The Morgan fingerprint density at radius 3 is 2.47 bits per heavy atom. The zero-order valence-corrected chi connectivity index (χ0v) is 9.34. The van der Waals surface area contributed by atoms with Crippen LogP contribution in [0, 0.1) is 0 Å². The monoisotopic (exact) mass is 217 g/mol. The molecule has 2 nitrogen and oxygen atoms in total. The van der Waals surface area contributed by atoms with Gasteiger partial charge in [-0.1, -0.05) is 18.2 Å². The van der Waals surface area contributed by atoms with Crippen LogP contribution in [0.15, 0.2) is 48.5 Å². The van der Waals surface area contributed by atoms with Crippen LogP contribution in [0.5, 0.6) is 11.5 Å². The largest absolute Gasteiger partial charge is 0.457 e. The Morgan fingerprint density at radius 1 is 1.00 bits per heavy atom. The molecule has 1 atom stereocenters. The number of nitrogens with two attached hydrogens (primary N) is 1. The molecule has 0 amide bonds. The van der Waals surface area contributed by atoms with Gasteiger partial charge in [0.05, 0.1) is 0 Å². The van der Waals surface area contributed by atoms with Gasteiger partial charge in [0, 0.05) is 17.1 Å². The van der Waals surface area contributed by atoms with Crippen molar-refractivity contribution in [1.29, 1.82) is 0 Å². The van der Waals surface area contributed by atoms with E-state index in [1.165, 1.54) is 0 Å². The number of anilines is 1. The van der Waals surface area contributed by atoms with Crippen LogP contribution in [0.1, 0.15) is 0 Å². The third-order valence-corrected chi connectivity index (χ3v) is 2.49. The molecule has 0 aliphatic rings. The van der Waals surface area contributed by atoms with Gasteiger partial charge in [0.2, 0.25) is 0 Å². The predicted molar refractivity (Wildman–Crippen MR) is 66.7 cm³/mol. The van der Waals surface area contributed by atoms with Crippen molar-refractivity contribution in [2.45, 2.75) is 0 Å². The summed E-state index contributed by atoms with van der Waals surface area (Å²) in [6, 6.07) is 15.2. The lowest BCUT2D eigenvalue weighted by Gasteiger charge is -2.08. The van der Waals surface area contributed by atoms with Crippen LogP contribution in [-0.2, 0) is 0 Å². The zero-order valence-electron chi connectivity index (χ0n) is 8.18. The van der Waals surface area contributed by atoms with Crippen LogP contribution in [0.25, 0.3) is 0 Å². The normalized spacial score (nSPS) is 9.93. The molecule has 0 saturated carbocycles. The van der Waals surface area contributed by atoms with Crippen molar-refractivity contribution in [3.8, 4) is 11.5 Å². The third kappa shape index (κ3) is 2.48. The van der Waals surface area contributed by atoms with E-state index < -0.39 is 0 Å². The maximum absolute atomic E-state index is 5.69. The highest BCUT2D eigenvalue weighted by molar-refractivity contribution is 7.27. The maximum atomic E-state index is 5.69. The van der Waals surface area contributed by atoms with Gasteiger partial charge in [-0.25, -0.2) is 0 Å². The van der Waals surface area contributed by atoms with Gasteiger partial charge in [-0.05, 0) is 24.3 Å². The molecule has 1 unspecified atom stereocenters. The average Bonchev–Trinajstić information content (AvgIpc) is 2.25. The summed E-state index contributed by atoms with van der Waals surface area (Å²) in [4.78, 5) is 0. The first kappa shape index (κ1) is 10.0. The van der Waals surface area contributed by atoms with Gasteiger partial charge < -0.3 is 10.5 Å². The van der Waals surface area contributed by atoms with Gasteiger partial charge in [0.1, 0.15) is 11.5 Å².